The summed E-state index contributed by atoms with van der Waals surface area (Å²) in [4.78, 5) is 11.3. The number of ether oxygens (including phenoxy) is 1. The van der Waals surface area contributed by atoms with E-state index in [1.165, 1.54) is 11.3 Å². The van der Waals surface area contributed by atoms with Gasteiger partial charge in [0.15, 0.2) is 5.56 Å². The van der Waals surface area contributed by atoms with Crippen LogP contribution >= 0.6 is 11.6 Å². The number of nitrogens with zero attached hydrogens (tertiary/aromatic N) is 4. The van der Waals surface area contributed by atoms with Gasteiger partial charge in [-0.2, -0.15) is 0 Å². The van der Waals surface area contributed by atoms with E-state index in [0.717, 1.165) is 38.4 Å². The number of alkyl halides is 1. The van der Waals surface area contributed by atoms with E-state index in [1.54, 1.807) is 0 Å². The fourth-order valence-corrected chi connectivity index (χ4v) is 3.42. The third-order valence-corrected chi connectivity index (χ3v) is 5.01. The molecule has 142 valence electrons. The van der Waals surface area contributed by atoms with E-state index in [0.29, 0.717) is 12.5 Å². The van der Waals surface area contributed by atoms with Crippen molar-refractivity contribution in [1.82, 2.24) is 14.7 Å². The van der Waals surface area contributed by atoms with Gasteiger partial charge in [-0.1, -0.05) is 42.8 Å². The molecule has 5 nitrogen and oxygen atoms in total. The van der Waals surface area contributed by atoms with E-state index in [1.807, 2.05) is 20.3 Å². The summed E-state index contributed by atoms with van der Waals surface area (Å²) in [5.41, 5.74) is 3.10. The van der Waals surface area contributed by atoms with Crippen LogP contribution in [0.4, 0.5) is 0 Å². The lowest BCUT2D eigenvalue weighted by atomic mass is 10.1. The average Bonchev–Trinajstić information content (AvgIpc) is 2.87. The molecule has 1 aromatic carbocycles. The zero-order chi connectivity index (χ0) is 18.5. The summed E-state index contributed by atoms with van der Waals surface area (Å²) in [5.74, 6) is 0.601. The molecular formula is C20H29ClN4O. The first kappa shape index (κ1) is 19.2. The summed E-state index contributed by atoms with van der Waals surface area (Å²) in [5, 5.41) is 0. The first-order valence-electron chi connectivity index (χ1n) is 9.21. The Bertz CT molecular complexity index is 644. The van der Waals surface area contributed by atoms with Crippen molar-refractivity contribution in [1.29, 1.82) is 0 Å². The van der Waals surface area contributed by atoms with E-state index in [9.17, 15) is 0 Å². The molecule has 0 fully saturated rings. The van der Waals surface area contributed by atoms with Crippen molar-refractivity contribution in [2.24, 2.45) is 10.9 Å². The molecule has 0 amide bonds. The Balaban J connectivity index is 1.53. The molecule has 0 aliphatic carbocycles. The van der Waals surface area contributed by atoms with Crippen LogP contribution in [0.3, 0.4) is 0 Å². The third-order valence-electron chi connectivity index (χ3n) is 4.64. The van der Waals surface area contributed by atoms with Crippen molar-refractivity contribution in [2.45, 2.75) is 19.0 Å². The average molecular weight is 377 g/mol. The van der Waals surface area contributed by atoms with Crippen LogP contribution in [-0.2, 0) is 11.3 Å². The van der Waals surface area contributed by atoms with E-state index in [2.05, 4.69) is 57.1 Å². The maximum atomic E-state index is 6.34. The molecule has 2 atom stereocenters. The van der Waals surface area contributed by atoms with Crippen LogP contribution in [0.5, 0.6) is 0 Å². The highest BCUT2D eigenvalue weighted by Gasteiger charge is 2.23. The highest BCUT2D eigenvalue weighted by Crippen LogP contribution is 2.24. The summed E-state index contributed by atoms with van der Waals surface area (Å²) in [6, 6.07) is 8.40. The van der Waals surface area contributed by atoms with Gasteiger partial charge in [0.25, 0.3) is 0 Å². The SMILES string of the molecule is CC1CN=CC2=CN(Cc3ccc(C(Cl)OCCN(C)C)cc3)CN2C1. The number of allylic oxidation sites excluding steroid dienone is 1. The number of benzene rings is 1. The molecule has 3 rings (SSSR count). The van der Waals surface area contributed by atoms with Crippen LogP contribution in [-0.4, -0.2) is 67.9 Å². The van der Waals surface area contributed by atoms with Crippen LogP contribution in [0.1, 0.15) is 23.6 Å². The number of halogens is 1. The quantitative estimate of drug-likeness (QED) is 0.684. The highest BCUT2D eigenvalue weighted by molar-refractivity contribution is 6.19. The predicted molar refractivity (Wildman–Crippen MR) is 107 cm³/mol. The zero-order valence-corrected chi connectivity index (χ0v) is 16.7. The van der Waals surface area contributed by atoms with Gasteiger partial charge in [-0.25, -0.2) is 0 Å². The van der Waals surface area contributed by atoms with Gasteiger partial charge in [0, 0.05) is 38.6 Å². The molecule has 0 bridgehead atoms. The van der Waals surface area contributed by atoms with Crippen molar-refractivity contribution < 1.29 is 4.74 Å². The lowest BCUT2D eigenvalue weighted by molar-refractivity contribution is 0.0939. The molecule has 0 N–H and O–H groups in total. The van der Waals surface area contributed by atoms with Crippen LogP contribution < -0.4 is 0 Å². The first-order chi connectivity index (χ1) is 12.5. The molecule has 0 spiro atoms. The summed E-state index contributed by atoms with van der Waals surface area (Å²) in [6.07, 6.45) is 4.22. The fourth-order valence-electron chi connectivity index (χ4n) is 3.19. The number of hydrogen-bond acceptors (Lipinski definition) is 5. The van der Waals surface area contributed by atoms with Crippen molar-refractivity contribution in [3.8, 4) is 0 Å². The van der Waals surface area contributed by atoms with Crippen LogP contribution in [0.2, 0.25) is 0 Å². The Morgan fingerprint density at radius 1 is 1.31 bits per heavy atom. The van der Waals surface area contributed by atoms with Crippen molar-refractivity contribution >= 4 is 17.8 Å². The first-order valence-corrected chi connectivity index (χ1v) is 9.65. The third kappa shape index (κ3) is 5.22. The minimum Gasteiger partial charge on any atom is -0.357 e. The molecule has 2 heterocycles. The Hall–Kier alpha value is -1.56. The molecule has 26 heavy (non-hydrogen) atoms. The molecule has 6 heteroatoms. The minimum absolute atomic E-state index is 0.395. The van der Waals surface area contributed by atoms with Gasteiger partial charge in [0.1, 0.15) is 0 Å². The van der Waals surface area contributed by atoms with E-state index < -0.39 is 5.56 Å². The number of hydrogen-bond donors (Lipinski definition) is 0. The van der Waals surface area contributed by atoms with Gasteiger partial charge in [0.05, 0.1) is 19.0 Å². The molecule has 0 saturated heterocycles. The van der Waals surface area contributed by atoms with Crippen LogP contribution in [0.25, 0.3) is 0 Å². The molecule has 2 aliphatic rings. The molecule has 0 radical (unpaired) electrons. The number of likely N-dealkylation sites (N-methyl/N-ethyl adjacent to an activating group) is 1. The lowest BCUT2D eigenvalue weighted by Crippen LogP contribution is -2.30. The summed E-state index contributed by atoms with van der Waals surface area (Å²) >= 11 is 6.34. The topological polar surface area (TPSA) is 31.3 Å². The Morgan fingerprint density at radius 2 is 2.08 bits per heavy atom. The van der Waals surface area contributed by atoms with Gasteiger partial charge in [-0.3, -0.25) is 4.99 Å². The predicted octanol–water partition coefficient (Wildman–Crippen LogP) is 3.14. The lowest BCUT2D eigenvalue weighted by Gasteiger charge is -2.24. The van der Waals surface area contributed by atoms with Crippen molar-refractivity contribution in [2.75, 3.05) is 47.0 Å². The number of aliphatic imine (C=N–C) groups is 1. The number of fused-ring (bicyclic) bond motifs is 1. The smallest absolute Gasteiger partial charge is 0.156 e. The van der Waals surface area contributed by atoms with Crippen molar-refractivity contribution in [3.05, 3.63) is 47.3 Å². The summed E-state index contributed by atoms with van der Waals surface area (Å²) in [7, 11) is 4.05. The van der Waals surface area contributed by atoms with Crippen molar-refractivity contribution in [3.63, 3.8) is 0 Å². The second kappa shape index (κ2) is 8.89. The number of rotatable bonds is 7. The Labute approximate surface area is 161 Å². The van der Waals surface area contributed by atoms with Crippen LogP contribution in [0.15, 0.2) is 41.2 Å². The second-order valence-electron chi connectivity index (χ2n) is 7.50. The molecule has 1 aromatic rings. The largest absolute Gasteiger partial charge is 0.357 e. The summed E-state index contributed by atoms with van der Waals surface area (Å²) < 4.78 is 5.68. The van der Waals surface area contributed by atoms with E-state index in [4.69, 9.17) is 16.3 Å². The molecule has 0 aromatic heterocycles. The molecular weight excluding hydrogens is 348 g/mol. The van der Waals surface area contributed by atoms with Gasteiger partial charge in [-0.15, -0.1) is 0 Å². The Kier molecular flexibility index (Phi) is 6.57. The van der Waals surface area contributed by atoms with E-state index >= 15 is 0 Å². The maximum Gasteiger partial charge on any atom is 0.156 e. The Morgan fingerprint density at radius 3 is 2.81 bits per heavy atom. The monoisotopic (exact) mass is 376 g/mol. The highest BCUT2D eigenvalue weighted by atomic mass is 35.5. The minimum atomic E-state index is -0.395. The van der Waals surface area contributed by atoms with E-state index in [-0.39, 0.29) is 0 Å². The molecule has 2 aliphatic heterocycles. The standard InChI is InChI=1S/C20H29ClN4O/c1-16-10-22-11-19-14-24(15-25(19)12-16)13-17-4-6-18(7-5-17)20(21)26-9-8-23(2)3/h4-7,11,14,16,20H,8-10,12-13,15H2,1-3H3. The van der Waals surface area contributed by atoms with Gasteiger partial charge in [-0.05, 0) is 31.1 Å². The van der Waals surface area contributed by atoms with Gasteiger partial charge < -0.3 is 19.4 Å². The van der Waals surface area contributed by atoms with Gasteiger partial charge >= 0.3 is 0 Å². The normalized spacial score (nSPS) is 21.0. The van der Waals surface area contributed by atoms with Gasteiger partial charge in [0.2, 0.25) is 0 Å². The maximum absolute atomic E-state index is 6.34. The molecule has 0 saturated carbocycles. The van der Waals surface area contributed by atoms with Crippen LogP contribution in [0, 0.1) is 5.92 Å². The summed E-state index contributed by atoms with van der Waals surface area (Å²) in [6.45, 7) is 7.55. The molecule has 2 unspecified atom stereocenters. The zero-order valence-electron chi connectivity index (χ0n) is 15.9. The second-order valence-corrected chi connectivity index (χ2v) is 7.89. The fraction of sp³-hybridized carbons (Fsp3) is 0.550.